The van der Waals surface area contributed by atoms with Crippen molar-refractivity contribution < 1.29 is 24.2 Å². The van der Waals surface area contributed by atoms with Crippen molar-refractivity contribution in [2.24, 2.45) is 5.10 Å². The molecule has 0 radical (unpaired) electrons. The third kappa shape index (κ3) is 4.49. The first-order chi connectivity index (χ1) is 8.15. The predicted molar refractivity (Wildman–Crippen MR) is 58.7 cm³/mol. The van der Waals surface area contributed by atoms with E-state index < -0.39 is 5.97 Å². The summed E-state index contributed by atoms with van der Waals surface area (Å²) in [5, 5.41) is 13.7. The Morgan fingerprint density at radius 3 is 2.82 bits per heavy atom. The van der Waals surface area contributed by atoms with Gasteiger partial charge in [0.15, 0.2) is 0 Å². The summed E-state index contributed by atoms with van der Waals surface area (Å²) >= 11 is 0. The Balaban J connectivity index is 2.37. The molecule has 7 nitrogen and oxygen atoms in total. The molecule has 1 rings (SSSR count). The van der Waals surface area contributed by atoms with Crippen LogP contribution in [0.4, 0.5) is 0 Å². The number of hydrogen-bond acceptors (Lipinski definition) is 5. The molecule has 7 heteroatoms. The van der Waals surface area contributed by atoms with Crippen molar-refractivity contribution in [2.75, 3.05) is 33.5 Å². The Bertz CT molecular complexity index is 316. The number of methoxy groups -OCH3 is 1. The Labute approximate surface area is 99.0 Å². The quantitative estimate of drug-likeness (QED) is 0.622. The molecular formula is C10H16N2O5. The molecule has 1 heterocycles. The van der Waals surface area contributed by atoms with Crippen LogP contribution in [-0.4, -0.2) is 61.2 Å². The molecule has 1 aliphatic rings. The summed E-state index contributed by atoms with van der Waals surface area (Å²) in [6.45, 7) is 1.50. The van der Waals surface area contributed by atoms with E-state index in [2.05, 4.69) is 5.10 Å². The lowest BCUT2D eigenvalue weighted by Gasteiger charge is -2.21. The first-order valence-electron chi connectivity index (χ1n) is 5.33. The van der Waals surface area contributed by atoms with Crippen molar-refractivity contribution in [3.05, 3.63) is 0 Å². The summed E-state index contributed by atoms with van der Waals surface area (Å²) in [5.41, 5.74) is 0.0153. The standard InChI is InChI=1S/C10H16N2O5/c1-16-6-7-17-5-4-12-9(13)3-2-8(11-12)10(14)15/h2-7H2,1H3,(H,14,15). The Morgan fingerprint density at radius 2 is 2.18 bits per heavy atom. The van der Waals surface area contributed by atoms with E-state index in [-0.39, 0.29) is 31.0 Å². The number of amides is 1. The minimum Gasteiger partial charge on any atom is -0.477 e. The number of nitrogens with zero attached hydrogens (tertiary/aromatic N) is 2. The molecule has 0 saturated heterocycles. The van der Waals surface area contributed by atoms with Crippen LogP contribution in [0, 0.1) is 0 Å². The van der Waals surface area contributed by atoms with E-state index in [1.54, 1.807) is 7.11 Å². The average molecular weight is 244 g/mol. The van der Waals surface area contributed by atoms with Crippen molar-refractivity contribution in [2.45, 2.75) is 12.8 Å². The van der Waals surface area contributed by atoms with Crippen LogP contribution in [0.2, 0.25) is 0 Å². The number of carboxylic acid groups (broad SMARTS) is 1. The van der Waals surface area contributed by atoms with Crippen molar-refractivity contribution in [3.8, 4) is 0 Å². The molecule has 0 fully saturated rings. The van der Waals surface area contributed by atoms with Crippen LogP contribution in [0.25, 0.3) is 0 Å². The number of carbonyl (C=O) groups excluding carboxylic acids is 1. The molecule has 0 aromatic rings. The SMILES string of the molecule is COCCOCCN1N=C(C(=O)O)CCC1=O. The third-order valence-corrected chi connectivity index (χ3v) is 2.23. The Kier molecular flexibility index (Phi) is 5.58. The summed E-state index contributed by atoms with van der Waals surface area (Å²) in [4.78, 5) is 22.1. The van der Waals surface area contributed by atoms with E-state index in [4.69, 9.17) is 14.6 Å². The van der Waals surface area contributed by atoms with Gasteiger partial charge in [0.2, 0.25) is 5.91 Å². The van der Waals surface area contributed by atoms with Crippen molar-refractivity contribution in [1.29, 1.82) is 0 Å². The maximum Gasteiger partial charge on any atom is 0.352 e. The number of hydrogen-bond donors (Lipinski definition) is 1. The molecule has 0 unspecified atom stereocenters. The largest absolute Gasteiger partial charge is 0.477 e. The molecule has 0 bridgehead atoms. The van der Waals surface area contributed by atoms with Crippen molar-refractivity contribution in [3.63, 3.8) is 0 Å². The van der Waals surface area contributed by atoms with E-state index in [0.717, 1.165) is 5.01 Å². The summed E-state index contributed by atoms with van der Waals surface area (Å²) in [7, 11) is 1.57. The molecule has 0 aromatic heterocycles. The van der Waals surface area contributed by atoms with Crippen LogP contribution in [0.5, 0.6) is 0 Å². The molecule has 0 aromatic carbocycles. The van der Waals surface area contributed by atoms with Gasteiger partial charge in [-0.2, -0.15) is 5.10 Å². The zero-order valence-electron chi connectivity index (χ0n) is 9.72. The fraction of sp³-hybridized carbons (Fsp3) is 0.700. The minimum absolute atomic E-state index is 0.0153. The summed E-state index contributed by atoms with van der Waals surface area (Å²) in [6.07, 6.45) is 0.373. The molecular weight excluding hydrogens is 228 g/mol. The Hall–Kier alpha value is -1.47. The number of ether oxygens (including phenoxy) is 2. The van der Waals surface area contributed by atoms with E-state index in [1.165, 1.54) is 0 Å². The molecule has 0 saturated carbocycles. The van der Waals surface area contributed by atoms with Gasteiger partial charge in [-0.1, -0.05) is 0 Å². The third-order valence-electron chi connectivity index (χ3n) is 2.23. The molecule has 1 N–H and O–H groups in total. The summed E-state index contributed by atoms with van der Waals surface area (Å²) in [5.74, 6) is -1.26. The van der Waals surface area contributed by atoms with Gasteiger partial charge < -0.3 is 14.6 Å². The lowest BCUT2D eigenvalue weighted by atomic mass is 10.2. The fourth-order valence-corrected chi connectivity index (χ4v) is 1.33. The zero-order valence-corrected chi connectivity index (χ0v) is 9.72. The zero-order chi connectivity index (χ0) is 12.7. The second-order valence-electron chi connectivity index (χ2n) is 3.47. The first kappa shape index (κ1) is 13.6. The fourth-order valence-electron chi connectivity index (χ4n) is 1.33. The Morgan fingerprint density at radius 1 is 1.41 bits per heavy atom. The normalized spacial score (nSPS) is 15.9. The smallest absolute Gasteiger partial charge is 0.352 e. The minimum atomic E-state index is -1.08. The number of carboxylic acids is 1. The van der Waals surface area contributed by atoms with Crippen molar-refractivity contribution in [1.82, 2.24) is 5.01 Å². The van der Waals surface area contributed by atoms with E-state index in [9.17, 15) is 9.59 Å². The lowest BCUT2D eigenvalue weighted by molar-refractivity contribution is -0.133. The highest BCUT2D eigenvalue weighted by molar-refractivity contribution is 6.36. The van der Waals surface area contributed by atoms with Gasteiger partial charge in [0.1, 0.15) is 5.71 Å². The van der Waals surface area contributed by atoms with Gasteiger partial charge in [0.05, 0.1) is 26.4 Å². The van der Waals surface area contributed by atoms with Crippen LogP contribution in [-0.2, 0) is 19.1 Å². The van der Waals surface area contributed by atoms with Crippen molar-refractivity contribution >= 4 is 17.6 Å². The maximum atomic E-state index is 11.4. The molecule has 0 atom stereocenters. The van der Waals surface area contributed by atoms with Crippen LogP contribution >= 0.6 is 0 Å². The van der Waals surface area contributed by atoms with Gasteiger partial charge in [0, 0.05) is 20.0 Å². The van der Waals surface area contributed by atoms with E-state index in [0.29, 0.717) is 19.8 Å². The highest BCUT2D eigenvalue weighted by Crippen LogP contribution is 2.08. The van der Waals surface area contributed by atoms with Gasteiger partial charge in [-0.05, 0) is 0 Å². The summed E-state index contributed by atoms with van der Waals surface area (Å²) in [6, 6.07) is 0. The topological polar surface area (TPSA) is 88.4 Å². The highest BCUT2D eigenvalue weighted by atomic mass is 16.5. The predicted octanol–water partition coefficient (Wildman–Crippen LogP) is -0.288. The van der Waals surface area contributed by atoms with Crippen LogP contribution in [0.15, 0.2) is 5.10 Å². The second-order valence-corrected chi connectivity index (χ2v) is 3.47. The number of hydrazone groups is 1. The van der Waals surface area contributed by atoms with Crippen LogP contribution in [0.3, 0.4) is 0 Å². The van der Waals surface area contributed by atoms with Gasteiger partial charge in [-0.15, -0.1) is 0 Å². The molecule has 17 heavy (non-hydrogen) atoms. The molecule has 0 aliphatic carbocycles. The molecule has 1 aliphatic heterocycles. The number of carbonyl (C=O) groups is 2. The first-order valence-corrected chi connectivity index (χ1v) is 5.33. The average Bonchev–Trinajstić information content (AvgIpc) is 2.30. The molecule has 0 spiro atoms. The van der Waals surface area contributed by atoms with Crippen LogP contribution < -0.4 is 0 Å². The lowest BCUT2D eigenvalue weighted by Crippen LogP contribution is -2.36. The molecule has 96 valence electrons. The second kappa shape index (κ2) is 6.97. The van der Waals surface area contributed by atoms with Gasteiger partial charge in [-0.25, -0.2) is 9.80 Å². The van der Waals surface area contributed by atoms with Crippen LogP contribution in [0.1, 0.15) is 12.8 Å². The highest BCUT2D eigenvalue weighted by Gasteiger charge is 2.23. The van der Waals surface area contributed by atoms with E-state index >= 15 is 0 Å². The van der Waals surface area contributed by atoms with Gasteiger partial charge in [0.25, 0.3) is 0 Å². The maximum absolute atomic E-state index is 11.4. The summed E-state index contributed by atoms with van der Waals surface area (Å²) < 4.78 is 9.98. The number of rotatable bonds is 7. The molecule has 1 amide bonds. The van der Waals surface area contributed by atoms with E-state index in [1.807, 2.05) is 0 Å². The van der Waals surface area contributed by atoms with Gasteiger partial charge in [-0.3, -0.25) is 4.79 Å². The number of aliphatic carboxylic acids is 1. The van der Waals surface area contributed by atoms with Gasteiger partial charge >= 0.3 is 5.97 Å². The monoisotopic (exact) mass is 244 g/mol.